The highest BCUT2D eigenvalue weighted by Gasteiger charge is 1.98. The van der Waals surface area contributed by atoms with Gasteiger partial charge in [0.2, 0.25) is 0 Å². The number of nitriles is 1. The Hall–Kier alpha value is -1.38. The quantitative estimate of drug-likeness (QED) is 0.944. The Morgan fingerprint density at radius 3 is 2.81 bits per heavy atom. The molecule has 3 nitrogen and oxygen atoms in total. The Morgan fingerprint density at radius 2 is 2.25 bits per heavy atom. The average molecular weight is 294 g/mol. The molecule has 5 heteroatoms. The van der Waals surface area contributed by atoms with Crippen molar-refractivity contribution in [2.24, 2.45) is 0 Å². The van der Waals surface area contributed by atoms with E-state index in [4.69, 9.17) is 5.26 Å². The first-order valence-electron chi connectivity index (χ1n) is 4.62. The second-order valence-electron chi connectivity index (χ2n) is 3.10. The third-order valence-corrected chi connectivity index (χ3v) is 3.60. The van der Waals surface area contributed by atoms with Crippen LogP contribution in [0.2, 0.25) is 0 Å². The fourth-order valence-electron chi connectivity index (χ4n) is 1.20. The van der Waals surface area contributed by atoms with Crippen LogP contribution in [-0.4, -0.2) is 4.98 Å². The maximum Gasteiger partial charge on any atom is 0.140 e. The van der Waals surface area contributed by atoms with Crippen LogP contribution in [0.15, 0.2) is 34.2 Å². The molecule has 0 fully saturated rings. The van der Waals surface area contributed by atoms with Gasteiger partial charge in [-0.1, -0.05) is 0 Å². The summed E-state index contributed by atoms with van der Waals surface area (Å²) in [5.74, 6) is 0. The molecule has 1 N–H and O–H groups in total. The van der Waals surface area contributed by atoms with E-state index in [1.165, 1.54) is 4.88 Å². The zero-order valence-corrected chi connectivity index (χ0v) is 10.7. The minimum Gasteiger partial charge on any atom is -0.379 e. The lowest BCUT2D eigenvalue weighted by Gasteiger charge is -2.03. The average Bonchev–Trinajstić information content (AvgIpc) is 2.73. The number of halogens is 1. The molecule has 0 saturated carbocycles. The first-order valence-corrected chi connectivity index (χ1v) is 6.23. The van der Waals surface area contributed by atoms with Gasteiger partial charge in [0.25, 0.3) is 0 Å². The van der Waals surface area contributed by atoms with Crippen LogP contribution in [0.4, 0.5) is 5.69 Å². The summed E-state index contributed by atoms with van der Waals surface area (Å²) in [4.78, 5) is 5.23. The maximum absolute atomic E-state index is 8.60. The number of nitrogens with one attached hydrogen (secondary N) is 1. The van der Waals surface area contributed by atoms with E-state index >= 15 is 0 Å². The molecule has 0 bridgehead atoms. The van der Waals surface area contributed by atoms with E-state index in [-0.39, 0.29) is 0 Å². The number of aromatic nitrogens is 1. The monoisotopic (exact) mass is 293 g/mol. The van der Waals surface area contributed by atoms with Gasteiger partial charge in [0.15, 0.2) is 0 Å². The third kappa shape index (κ3) is 2.81. The molecule has 0 aromatic carbocycles. The Kier molecular flexibility index (Phi) is 3.54. The summed E-state index contributed by atoms with van der Waals surface area (Å²) in [6.45, 7) is 0.768. The van der Waals surface area contributed by atoms with Crippen LogP contribution in [0.3, 0.4) is 0 Å². The van der Waals surface area contributed by atoms with Crippen molar-refractivity contribution in [3.63, 3.8) is 0 Å². The van der Waals surface area contributed by atoms with Crippen molar-refractivity contribution >= 4 is 33.0 Å². The van der Waals surface area contributed by atoms with Crippen LogP contribution in [0, 0.1) is 11.3 Å². The Bertz CT molecular complexity index is 513. The zero-order chi connectivity index (χ0) is 11.4. The highest BCUT2D eigenvalue weighted by Crippen LogP contribution is 2.22. The summed E-state index contributed by atoms with van der Waals surface area (Å²) in [6, 6.07) is 9.64. The topological polar surface area (TPSA) is 48.7 Å². The first kappa shape index (κ1) is 11.1. The van der Waals surface area contributed by atoms with Gasteiger partial charge in [0.05, 0.1) is 15.7 Å². The molecule has 0 unspecified atom stereocenters. The number of nitrogens with zero attached hydrogens (tertiary/aromatic N) is 2. The SMILES string of the molecule is N#Cc1ccc(NCc2ccc(Br)s2)cn1. The molecule has 2 aromatic rings. The van der Waals surface area contributed by atoms with Gasteiger partial charge in [-0.05, 0) is 40.2 Å². The van der Waals surface area contributed by atoms with Gasteiger partial charge < -0.3 is 5.32 Å². The van der Waals surface area contributed by atoms with Gasteiger partial charge >= 0.3 is 0 Å². The van der Waals surface area contributed by atoms with Gasteiger partial charge in [-0.15, -0.1) is 11.3 Å². The van der Waals surface area contributed by atoms with Crippen molar-refractivity contribution in [2.45, 2.75) is 6.54 Å². The van der Waals surface area contributed by atoms with Gasteiger partial charge in [-0.25, -0.2) is 4.98 Å². The molecule has 0 aliphatic heterocycles. The highest BCUT2D eigenvalue weighted by atomic mass is 79.9. The van der Waals surface area contributed by atoms with Crippen LogP contribution < -0.4 is 5.32 Å². The van der Waals surface area contributed by atoms with Crippen LogP contribution >= 0.6 is 27.3 Å². The molecule has 16 heavy (non-hydrogen) atoms. The molecule has 0 aliphatic carbocycles. The maximum atomic E-state index is 8.60. The van der Waals surface area contributed by atoms with Gasteiger partial charge in [0.1, 0.15) is 11.8 Å². The second kappa shape index (κ2) is 5.10. The lowest BCUT2D eigenvalue weighted by atomic mass is 10.3. The number of anilines is 1. The van der Waals surface area contributed by atoms with Crippen molar-refractivity contribution in [3.8, 4) is 6.07 Å². The summed E-state index contributed by atoms with van der Waals surface area (Å²) in [5, 5.41) is 11.8. The van der Waals surface area contributed by atoms with Gasteiger partial charge in [-0.3, -0.25) is 0 Å². The third-order valence-electron chi connectivity index (χ3n) is 1.97. The van der Waals surface area contributed by atoms with Crippen molar-refractivity contribution in [1.29, 1.82) is 5.26 Å². The highest BCUT2D eigenvalue weighted by molar-refractivity contribution is 9.11. The molecule has 2 heterocycles. The van der Waals surface area contributed by atoms with Crippen LogP contribution in [0.1, 0.15) is 10.6 Å². The van der Waals surface area contributed by atoms with E-state index in [2.05, 4.69) is 32.3 Å². The van der Waals surface area contributed by atoms with Crippen LogP contribution in [0.5, 0.6) is 0 Å². The van der Waals surface area contributed by atoms with Gasteiger partial charge in [0, 0.05) is 11.4 Å². The van der Waals surface area contributed by atoms with E-state index in [0.29, 0.717) is 5.69 Å². The van der Waals surface area contributed by atoms with E-state index < -0.39 is 0 Å². The van der Waals surface area contributed by atoms with E-state index in [1.54, 1.807) is 23.6 Å². The lowest BCUT2D eigenvalue weighted by molar-refractivity contribution is 1.16. The minimum absolute atomic E-state index is 0.435. The minimum atomic E-state index is 0.435. The molecule has 80 valence electrons. The standard InChI is InChI=1S/C11H8BrN3S/c12-11-4-3-10(16-11)7-15-9-2-1-8(5-13)14-6-9/h1-4,6,15H,7H2. The molecular formula is C11H8BrN3S. The second-order valence-corrected chi connectivity index (χ2v) is 5.65. The molecule has 0 atom stereocenters. The predicted molar refractivity (Wildman–Crippen MR) is 68.3 cm³/mol. The number of pyridine rings is 1. The number of hydrogen-bond acceptors (Lipinski definition) is 4. The molecule has 2 aromatic heterocycles. The summed E-state index contributed by atoms with van der Waals surface area (Å²) in [5.41, 5.74) is 1.35. The summed E-state index contributed by atoms with van der Waals surface area (Å²) in [7, 11) is 0. The number of hydrogen-bond donors (Lipinski definition) is 1. The normalized spacial score (nSPS) is 9.75. The Balaban J connectivity index is 1.97. The van der Waals surface area contributed by atoms with Crippen molar-refractivity contribution in [1.82, 2.24) is 4.98 Å². The van der Waals surface area contributed by atoms with Crippen molar-refractivity contribution in [3.05, 3.63) is 44.8 Å². The number of rotatable bonds is 3. The molecular weight excluding hydrogens is 286 g/mol. The fourth-order valence-corrected chi connectivity index (χ4v) is 2.62. The molecule has 2 rings (SSSR count). The predicted octanol–water partition coefficient (Wildman–Crippen LogP) is 3.39. The van der Waals surface area contributed by atoms with Crippen molar-refractivity contribution in [2.75, 3.05) is 5.32 Å². The lowest BCUT2D eigenvalue weighted by Crippen LogP contribution is -1.97. The largest absolute Gasteiger partial charge is 0.379 e. The van der Waals surface area contributed by atoms with Crippen LogP contribution in [0.25, 0.3) is 0 Å². The van der Waals surface area contributed by atoms with E-state index in [9.17, 15) is 0 Å². The Labute approximate surface area is 106 Å². The molecule has 0 radical (unpaired) electrons. The molecule has 0 amide bonds. The smallest absolute Gasteiger partial charge is 0.140 e. The zero-order valence-electron chi connectivity index (χ0n) is 8.27. The summed E-state index contributed by atoms with van der Waals surface area (Å²) in [6.07, 6.45) is 1.67. The van der Waals surface area contributed by atoms with Crippen molar-refractivity contribution < 1.29 is 0 Å². The summed E-state index contributed by atoms with van der Waals surface area (Å²) < 4.78 is 1.13. The fraction of sp³-hybridized carbons (Fsp3) is 0.0909. The summed E-state index contributed by atoms with van der Waals surface area (Å²) >= 11 is 5.12. The van der Waals surface area contributed by atoms with Gasteiger partial charge in [-0.2, -0.15) is 5.26 Å². The number of thiophene rings is 1. The first-order chi connectivity index (χ1) is 7.78. The molecule has 0 saturated heterocycles. The van der Waals surface area contributed by atoms with Crippen LogP contribution in [-0.2, 0) is 6.54 Å². The Morgan fingerprint density at radius 1 is 1.38 bits per heavy atom. The van der Waals surface area contributed by atoms with E-state index in [0.717, 1.165) is 16.0 Å². The molecule has 0 spiro atoms. The van der Waals surface area contributed by atoms with E-state index in [1.807, 2.05) is 18.2 Å². The molecule has 0 aliphatic rings.